The first-order chi connectivity index (χ1) is 9.63. The van der Waals surface area contributed by atoms with Crippen LogP contribution in [0.5, 0.6) is 0 Å². The minimum atomic E-state index is -0.315. The predicted octanol–water partition coefficient (Wildman–Crippen LogP) is 1.96. The molecule has 0 saturated heterocycles. The van der Waals surface area contributed by atoms with Gasteiger partial charge in [-0.15, -0.1) is 0 Å². The van der Waals surface area contributed by atoms with Crippen molar-refractivity contribution in [1.29, 1.82) is 0 Å². The van der Waals surface area contributed by atoms with Gasteiger partial charge < -0.3 is 14.6 Å². The smallest absolute Gasteiger partial charge is 0.228 e. The van der Waals surface area contributed by atoms with Crippen molar-refractivity contribution >= 4 is 0 Å². The van der Waals surface area contributed by atoms with Gasteiger partial charge in [0, 0.05) is 25.1 Å². The van der Waals surface area contributed by atoms with E-state index in [-0.39, 0.29) is 11.9 Å². The van der Waals surface area contributed by atoms with Crippen molar-refractivity contribution in [2.45, 2.75) is 19.4 Å². The van der Waals surface area contributed by atoms with Gasteiger partial charge in [0.2, 0.25) is 11.7 Å². The van der Waals surface area contributed by atoms with Crippen molar-refractivity contribution in [2.75, 3.05) is 20.8 Å². The normalized spacial score (nSPS) is 12.6. The number of hydrogen-bond donors (Lipinski definition) is 1. The van der Waals surface area contributed by atoms with Gasteiger partial charge in [0.1, 0.15) is 5.82 Å². The number of nitrogens with one attached hydrogen (secondary N) is 1. The van der Waals surface area contributed by atoms with Crippen molar-refractivity contribution in [3.8, 4) is 11.4 Å². The number of aryl methyl sites for hydroxylation is 1. The molecule has 0 amide bonds. The van der Waals surface area contributed by atoms with Gasteiger partial charge in [0.25, 0.3) is 0 Å². The standard InChI is InChI=1S/C14H18FN3O2/c1-9-4-5-10(15)6-12(9)14-17-13(20-18-14)7-11(16-2)8-19-3/h4-6,11,16H,7-8H2,1-3H3. The van der Waals surface area contributed by atoms with E-state index in [1.54, 1.807) is 13.2 Å². The molecule has 5 nitrogen and oxygen atoms in total. The summed E-state index contributed by atoms with van der Waals surface area (Å²) in [5.74, 6) is 0.591. The Morgan fingerprint density at radius 2 is 2.25 bits per heavy atom. The highest BCUT2D eigenvalue weighted by molar-refractivity contribution is 5.59. The maximum absolute atomic E-state index is 13.3. The van der Waals surface area contributed by atoms with Crippen LogP contribution in [-0.4, -0.2) is 36.9 Å². The minimum absolute atomic E-state index is 0.0990. The Balaban J connectivity index is 2.18. The molecule has 1 aromatic carbocycles. The SMILES string of the molecule is CNC(COC)Cc1nc(-c2cc(F)ccc2C)no1. The number of rotatable bonds is 6. The molecule has 1 N–H and O–H groups in total. The first-order valence-corrected chi connectivity index (χ1v) is 6.39. The van der Waals surface area contributed by atoms with Crippen LogP contribution in [0.3, 0.4) is 0 Å². The van der Waals surface area contributed by atoms with Crippen LogP contribution in [0.15, 0.2) is 22.7 Å². The van der Waals surface area contributed by atoms with Crippen LogP contribution in [0.2, 0.25) is 0 Å². The van der Waals surface area contributed by atoms with Crippen molar-refractivity contribution < 1.29 is 13.7 Å². The van der Waals surface area contributed by atoms with Crippen molar-refractivity contribution in [2.24, 2.45) is 0 Å². The Labute approximate surface area is 117 Å². The third kappa shape index (κ3) is 3.40. The van der Waals surface area contributed by atoms with Crippen LogP contribution in [0.1, 0.15) is 11.5 Å². The second-order valence-electron chi connectivity index (χ2n) is 4.62. The van der Waals surface area contributed by atoms with Crippen LogP contribution in [0.25, 0.3) is 11.4 Å². The van der Waals surface area contributed by atoms with E-state index in [1.807, 2.05) is 14.0 Å². The van der Waals surface area contributed by atoms with Gasteiger partial charge in [0.05, 0.1) is 6.61 Å². The molecule has 1 heterocycles. The molecule has 0 fully saturated rings. The summed E-state index contributed by atoms with van der Waals surface area (Å²) in [6.07, 6.45) is 0.561. The number of methoxy groups -OCH3 is 1. The highest BCUT2D eigenvalue weighted by Crippen LogP contribution is 2.21. The van der Waals surface area contributed by atoms with Gasteiger partial charge in [-0.2, -0.15) is 4.98 Å². The lowest BCUT2D eigenvalue weighted by Gasteiger charge is -2.11. The summed E-state index contributed by atoms with van der Waals surface area (Å²) in [6.45, 7) is 2.43. The number of benzene rings is 1. The third-order valence-electron chi connectivity index (χ3n) is 3.11. The molecule has 1 aromatic heterocycles. The van der Waals surface area contributed by atoms with Crippen LogP contribution in [0.4, 0.5) is 4.39 Å². The average Bonchev–Trinajstić information content (AvgIpc) is 2.89. The molecule has 2 rings (SSSR count). The maximum Gasteiger partial charge on any atom is 0.228 e. The molecule has 0 saturated carbocycles. The summed E-state index contributed by atoms with van der Waals surface area (Å²) in [5.41, 5.74) is 1.55. The van der Waals surface area contributed by atoms with Gasteiger partial charge in [-0.25, -0.2) is 4.39 Å². The lowest BCUT2D eigenvalue weighted by Crippen LogP contribution is -2.32. The van der Waals surface area contributed by atoms with E-state index in [1.165, 1.54) is 12.1 Å². The van der Waals surface area contributed by atoms with Gasteiger partial charge >= 0.3 is 0 Å². The van der Waals surface area contributed by atoms with E-state index in [9.17, 15) is 4.39 Å². The fourth-order valence-corrected chi connectivity index (χ4v) is 1.94. The van der Waals surface area contributed by atoms with Crippen LogP contribution in [0, 0.1) is 12.7 Å². The fourth-order valence-electron chi connectivity index (χ4n) is 1.94. The van der Waals surface area contributed by atoms with Gasteiger partial charge in [-0.3, -0.25) is 0 Å². The number of halogens is 1. The zero-order valence-electron chi connectivity index (χ0n) is 11.8. The highest BCUT2D eigenvalue weighted by atomic mass is 19.1. The lowest BCUT2D eigenvalue weighted by atomic mass is 10.1. The summed E-state index contributed by atoms with van der Waals surface area (Å²) in [4.78, 5) is 4.31. The monoisotopic (exact) mass is 279 g/mol. The van der Waals surface area contributed by atoms with E-state index in [2.05, 4.69) is 15.5 Å². The minimum Gasteiger partial charge on any atom is -0.383 e. The first kappa shape index (κ1) is 14.6. The van der Waals surface area contributed by atoms with Gasteiger partial charge in [0.15, 0.2) is 0 Å². The second kappa shape index (κ2) is 6.58. The Morgan fingerprint density at radius 1 is 1.45 bits per heavy atom. The molecule has 0 radical (unpaired) electrons. The zero-order chi connectivity index (χ0) is 14.5. The number of likely N-dealkylation sites (N-methyl/N-ethyl adjacent to an activating group) is 1. The van der Waals surface area contributed by atoms with Crippen LogP contribution in [-0.2, 0) is 11.2 Å². The topological polar surface area (TPSA) is 60.2 Å². The molecule has 0 spiro atoms. The summed E-state index contributed by atoms with van der Waals surface area (Å²) in [7, 11) is 3.48. The largest absolute Gasteiger partial charge is 0.383 e. The predicted molar refractivity (Wildman–Crippen MR) is 72.9 cm³/mol. The molecule has 108 valence electrons. The Bertz CT molecular complexity index is 571. The molecular weight excluding hydrogens is 261 g/mol. The molecule has 6 heteroatoms. The molecular formula is C14H18FN3O2. The lowest BCUT2D eigenvalue weighted by molar-refractivity contribution is 0.165. The molecule has 0 bridgehead atoms. The molecule has 2 aromatic rings. The molecule has 0 aliphatic carbocycles. The van der Waals surface area contributed by atoms with E-state index in [0.717, 1.165) is 5.56 Å². The van der Waals surface area contributed by atoms with E-state index in [0.29, 0.717) is 30.3 Å². The summed E-state index contributed by atoms with van der Waals surface area (Å²) < 4.78 is 23.6. The Morgan fingerprint density at radius 3 is 2.95 bits per heavy atom. The summed E-state index contributed by atoms with van der Waals surface area (Å²) >= 11 is 0. The summed E-state index contributed by atoms with van der Waals surface area (Å²) in [6, 6.07) is 4.62. The van der Waals surface area contributed by atoms with Gasteiger partial charge in [-0.1, -0.05) is 11.2 Å². The molecule has 20 heavy (non-hydrogen) atoms. The quantitative estimate of drug-likeness (QED) is 0.876. The number of ether oxygens (including phenoxy) is 1. The highest BCUT2D eigenvalue weighted by Gasteiger charge is 2.15. The number of nitrogens with zero attached hydrogens (tertiary/aromatic N) is 2. The van der Waals surface area contributed by atoms with Crippen LogP contribution >= 0.6 is 0 Å². The summed E-state index contributed by atoms with van der Waals surface area (Å²) in [5, 5.41) is 7.02. The maximum atomic E-state index is 13.3. The number of hydrogen-bond acceptors (Lipinski definition) is 5. The molecule has 0 aliphatic rings. The van der Waals surface area contributed by atoms with Crippen molar-refractivity contribution in [3.05, 3.63) is 35.5 Å². The van der Waals surface area contributed by atoms with Gasteiger partial charge in [-0.05, 0) is 31.7 Å². The third-order valence-corrected chi connectivity index (χ3v) is 3.11. The molecule has 1 unspecified atom stereocenters. The van der Waals surface area contributed by atoms with Crippen LogP contribution < -0.4 is 5.32 Å². The first-order valence-electron chi connectivity index (χ1n) is 6.39. The molecule has 0 aliphatic heterocycles. The Kier molecular flexibility index (Phi) is 4.81. The van der Waals surface area contributed by atoms with E-state index in [4.69, 9.17) is 9.26 Å². The van der Waals surface area contributed by atoms with E-state index >= 15 is 0 Å². The molecule has 1 atom stereocenters. The van der Waals surface area contributed by atoms with E-state index < -0.39 is 0 Å². The zero-order valence-corrected chi connectivity index (χ0v) is 11.8. The van der Waals surface area contributed by atoms with Crippen molar-refractivity contribution in [1.82, 2.24) is 15.5 Å². The number of aromatic nitrogens is 2. The average molecular weight is 279 g/mol. The van der Waals surface area contributed by atoms with Crippen molar-refractivity contribution in [3.63, 3.8) is 0 Å². The Hall–Kier alpha value is -1.79. The fraction of sp³-hybridized carbons (Fsp3) is 0.429. The second-order valence-corrected chi connectivity index (χ2v) is 4.62.